The second-order valence-electron chi connectivity index (χ2n) is 5.36. The minimum absolute atomic E-state index is 0.0320. The van der Waals surface area contributed by atoms with Gasteiger partial charge in [0.25, 0.3) is 5.69 Å². The van der Waals surface area contributed by atoms with E-state index in [1.165, 1.54) is 12.0 Å². The van der Waals surface area contributed by atoms with Crippen molar-refractivity contribution in [2.45, 2.75) is 25.1 Å². The van der Waals surface area contributed by atoms with Crippen LogP contribution in [0.25, 0.3) is 0 Å². The number of nitro groups is 1. The Labute approximate surface area is 135 Å². The first-order chi connectivity index (χ1) is 11.2. The van der Waals surface area contributed by atoms with Crippen LogP contribution >= 0.6 is 0 Å². The van der Waals surface area contributed by atoms with Gasteiger partial charge in [0.1, 0.15) is 5.69 Å². The average Bonchev–Trinajstić information content (AvgIpc) is 2.54. The van der Waals surface area contributed by atoms with Crippen LogP contribution in [0.2, 0.25) is 0 Å². The van der Waals surface area contributed by atoms with Crippen molar-refractivity contribution >= 4 is 17.5 Å². The quantitative estimate of drug-likeness (QED) is 0.670. The van der Waals surface area contributed by atoms with Crippen LogP contribution in [0.15, 0.2) is 18.2 Å². The molecule has 0 unspecified atom stereocenters. The van der Waals surface area contributed by atoms with Gasteiger partial charge in [-0.2, -0.15) is 13.2 Å². The molecule has 0 saturated carbocycles. The number of piperidine rings is 1. The number of methoxy groups -OCH3 is 1. The molecule has 7 nitrogen and oxygen atoms in total. The molecule has 1 amide bonds. The smallest absolute Gasteiger partial charge is 0.416 e. The standard InChI is InChI=1S/C14H16F3N3O4/c1-24-13(21)19-6-4-10(5-7-19)18-11-3-2-9(14(15,16)17)8-12(11)20(22)23/h2-3,8,10,18H,4-7H2,1H3. The third kappa shape index (κ3) is 4.06. The van der Waals surface area contributed by atoms with Crippen molar-refractivity contribution < 1.29 is 27.6 Å². The van der Waals surface area contributed by atoms with Gasteiger partial charge in [-0.3, -0.25) is 10.1 Å². The van der Waals surface area contributed by atoms with E-state index in [1.807, 2.05) is 0 Å². The number of ether oxygens (including phenoxy) is 1. The lowest BCUT2D eigenvalue weighted by atomic mass is 10.0. The maximum atomic E-state index is 12.7. The molecule has 1 aromatic carbocycles. The van der Waals surface area contributed by atoms with E-state index >= 15 is 0 Å². The van der Waals surface area contributed by atoms with E-state index in [-0.39, 0.29) is 11.7 Å². The van der Waals surface area contributed by atoms with Crippen LogP contribution in [0.3, 0.4) is 0 Å². The lowest BCUT2D eigenvalue weighted by molar-refractivity contribution is -0.384. The van der Waals surface area contributed by atoms with Gasteiger partial charge in [-0.05, 0) is 25.0 Å². The zero-order valence-electron chi connectivity index (χ0n) is 12.8. The van der Waals surface area contributed by atoms with Crippen LogP contribution in [0.5, 0.6) is 0 Å². The first-order valence-electron chi connectivity index (χ1n) is 7.17. The predicted octanol–water partition coefficient (Wildman–Crippen LogP) is 3.26. The first-order valence-corrected chi connectivity index (χ1v) is 7.17. The van der Waals surface area contributed by atoms with E-state index < -0.39 is 28.4 Å². The SMILES string of the molecule is COC(=O)N1CCC(Nc2ccc(C(F)(F)F)cc2[N+](=O)[O-])CC1. The zero-order chi connectivity index (χ0) is 17.9. The average molecular weight is 347 g/mol. The molecular weight excluding hydrogens is 331 g/mol. The molecule has 1 N–H and O–H groups in total. The van der Waals surface area contributed by atoms with Gasteiger partial charge in [0.05, 0.1) is 17.6 Å². The number of hydrogen-bond acceptors (Lipinski definition) is 5. The minimum atomic E-state index is -4.64. The molecule has 2 rings (SSSR count). The first kappa shape index (κ1) is 17.8. The molecule has 1 fully saturated rings. The van der Waals surface area contributed by atoms with Crippen LogP contribution in [0, 0.1) is 10.1 Å². The Morgan fingerprint density at radius 2 is 2.00 bits per heavy atom. The Kier molecular flexibility index (Phi) is 5.15. The summed E-state index contributed by atoms with van der Waals surface area (Å²) < 4.78 is 42.7. The van der Waals surface area contributed by atoms with Crippen molar-refractivity contribution in [3.05, 3.63) is 33.9 Å². The second-order valence-corrected chi connectivity index (χ2v) is 5.36. The number of nitrogens with one attached hydrogen (secondary N) is 1. The molecular formula is C14H16F3N3O4. The molecule has 1 aliphatic rings. The number of nitro benzene ring substituents is 1. The van der Waals surface area contributed by atoms with E-state index in [4.69, 9.17) is 0 Å². The summed E-state index contributed by atoms with van der Waals surface area (Å²) in [7, 11) is 1.28. The fraction of sp³-hybridized carbons (Fsp3) is 0.500. The number of alkyl halides is 3. The molecule has 0 aliphatic carbocycles. The predicted molar refractivity (Wildman–Crippen MR) is 78.7 cm³/mol. The van der Waals surface area contributed by atoms with Crippen LogP contribution in [-0.2, 0) is 10.9 Å². The number of nitrogens with zero attached hydrogens (tertiary/aromatic N) is 2. The van der Waals surface area contributed by atoms with Crippen molar-refractivity contribution in [2.24, 2.45) is 0 Å². The number of likely N-dealkylation sites (tertiary alicyclic amines) is 1. The topological polar surface area (TPSA) is 84.7 Å². The Morgan fingerprint density at radius 1 is 1.38 bits per heavy atom. The molecule has 1 heterocycles. The van der Waals surface area contributed by atoms with Crippen LogP contribution in [0.4, 0.5) is 29.3 Å². The van der Waals surface area contributed by atoms with Crippen LogP contribution < -0.4 is 5.32 Å². The van der Waals surface area contributed by atoms with Gasteiger partial charge in [-0.1, -0.05) is 0 Å². The third-order valence-electron chi connectivity index (χ3n) is 3.81. The number of carbonyl (C=O) groups excluding carboxylic acids is 1. The number of carbonyl (C=O) groups is 1. The highest BCUT2D eigenvalue weighted by molar-refractivity contribution is 5.67. The van der Waals surface area contributed by atoms with Gasteiger partial charge < -0.3 is 15.0 Å². The Balaban J connectivity index is 2.10. The van der Waals surface area contributed by atoms with E-state index in [0.717, 1.165) is 12.1 Å². The van der Waals surface area contributed by atoms with Gasteiger partial charge in [0.2, 0.25) is 0 Å². The summed E-state index contributed by atoms with van der Waals surface area (Å²) in [5.74, 6) is 0. The van der Waals surface area contributed by atoms with E-state index in [1.54, 1.807) is 0 Å². The summed E-state index contributed by atoms with van der Waals surface area (Å²) >= 11 is 0. The lowest BCUT2D eigenvalue weighted by Crippen LogP contribution is -2.42. The number of rotatable bonds is 3. The van der Waals surface area contributed by atoms with E-state index in [2.05, 4.69) is 10.1 Å². The van der Waals surface area contributed by atoms with Gasteiger partial charge in [-0.25, -0.2) is 4.79 Å². The monoisotopic (exact) mass is 347 g/mol. The molecule has 1 saturated heterocycles. The van der Waals surface area contributed by atoms with E-state index in [0.29, 0.717) is 32.0 Å². The molecule has 0 atom stereocenters. The van der Waals surface area contributed by atoms with Crippen LogP contribution in [0.1, 0.15) is 18.4 Å². The molecule has 24 heavy (non-hydrogen) atoms. The van der Waals surface area contributed by atoms with Crippen LogP contribution in [-0.4, -0.2) is 42.2 Å². The maximum Gasteiger partial charge on any atom is 0.416 e. The van der Waals surface area contributed by atoms with Crippen molar-refractivity contribution in [1.82, 2.24) is 4.90 Å². The highest BCUT2D eigenvalue weighted by atomic mass is 19.4. The number of amides is 1. The molecule has 0 bridgehead atoms. The molecule has 1 aromatic rings. The molecule has 10 heteroatoms. The largest absolute Gasteiger partial charge is 0.453 e. The minimum Gasteiger partial charge on any atom is -0.453 e. The molecule has 0 radical (unpaired) electrons. The molecule has 0 aromatic heterocycles. The summed E-state index contributed by atoms with van der Waals surface area (Å²) in [6, 6.07) is 2.21. The summed E-state index contributed by atoms with van der Waals surface area (Å²) in [6.45, 7) is 0.803. The second kappa shape index (κ2) is 6.93. The Morgan fingerprint density at radius 3 is 2.50 bits per heavy atom. The number of halogens is 3. The summed E-state index contributed by atoms with van der Waals surface area (Å²) in [5, 5.41) is 14.0. The van der Waals surface area contributed by atoms with Crippen molar-refractivity contribution in [3.63, 3.8) is 0 Å². The van der Waals surface area contributed by atoms with Gasteiger partial charge >= 0.3 is 12.3 Å². The highest BCUT2D eigenvalue weighted by Gasteiger charge is 2.33. The van der Waals surface area contributed by atoms with Gasteiger partial charge in [-0.15, -0.1) is 0 Å². The summed E-state index contributed by atoms with van der Waals surface area (Å²) in [6.07, 6.45) is -4.08. The molecule has 1 aliphatic heterocycles. The van der Waals surface area contributed by atoms with Gasteiger partial charge in [0.15, 0.2) is 0 Å². The number of anilines is 1. The van der Waals surface area contributed by atoms with Crippen molar-refractivity contribution in [1.29, 1.82) is 0 Å². The zero-order valence-corrected chi connectivity index (χ0v) is 12.8. The normalized spacial score (nSPS) is 15.9. The fourth-order valence-corrected chi connectivity index (χ4v) is 2.54. The Hall–Kier alpha value is -2.52. The fourth-order valence-electron chi connectivity index (χ4n) is 2.54. The number of hydrogen-bond donors (Lipinski definition) is 1. The van der Waals surface area contributed by atoms with Crippen molar-refractivity contribution in [3.8, 4) is 0 Å². The molecule has 132 valence electrons. The lowest BCUT2D eigenvalue weighted by Gasteiger charge is -2.31. The summed E-state index contributed by atoms with van der Waals surface area (Å²) in [5.41, 5.74) is -1.66. The van der Waals surface area contributed by atoms with Gasteiger partial charge in [0, 0.05) is 25.2 Å². The molecule has 0 spiro atoms. The van der Waals surface area contributed by atoms with Crippen molar-refractivity contribution in [2.75, 3.05) is 25.5 Å². The Bertz CT molecular complexity index is 628. The highest BCUT2D eigenvalue weighted by Crippen LogP contribution is 2.35. The van der Waals surface area contributed by atoms with E-state index in [9.17, 15) is 28.1 Å². The maximum absolute atomic E-state index is 12.7. The third-order valence-corrected chi connectivity index (χ3v) is 3.81. The summed E-state index contributed by atoms with van der Waals surface area (Å²) in [4.78, 5) is 23.1. The number of benzene rings is 1.